The van der Waals surface area contributed by atoms with E-state index in [-0.39, 0.29) is 0 Å². The molecular weight excluding hydrogens is 300 g/mol. The van der Waals surface area contributed by atoms with Gasteiger partial charge >= 0.3 is 0 Å². The van der Waals surface area contributed by atoms with Gasteiger partial charge in [-0.2, -0.15) is 0 Å². The minimum atomic E-state index is 0.366. The summed E-state index contributed by atoms with van der Waals surface area (Å²) in [4.78, 5) is 24.9. The number of amides is 1. The van der Waals surface area contributed by atoms with Crippen LogP contribution in [0.2, 0.25) is 0 Å². The van der Waals surface area contributed by atoms with Crippen LogP contribution in [0.15, 0.2) is 24.3 Å². The molecule has 0 spiro atoms. The van der Waals surface area contributed by atoms with Crippen molar-refractivity contribution in [1.82, 2.24) is 19.8 Å². The van der Waals surface area contributed by atoms with Crippen molar-refractivity contribution < 1.29 is 4.79 Å². The second kappa shape index (κ2) is 6.93. The number of aromatic nitrogens is 2. The molecule has 1 aliphatic heterocycles. The number of para-hydroxylation sites is 2. The van der Waals surface area contributed by atoms with Gasteiger partial charge in [0.1, 0.15) is 5.82 Å². The van der Waals surface area contributed by atoms with Crippen LogP contribution in [0.1, 0.15) is 37.9 Å². The molecule has 1 aromatic heterocycles. The summed E-state index contributed by atoms with van der Waals surface area (Å²) in [6.45, 7) is 4.41. The zero-order valence-electron chi connectivity index (χ0n) is 14.2. The van der Waals surface area contributed by atoms with Crippen LogP contribution < -0.4 is 0 Å². The zero-order chi connectivity index (χ0) is 16.4. The number of aromatic amines is 1. The highest BCUT2D eigenvalue weighted by molar-refractivity contribution is 5.76. The molecule has 4 rings (SSSR count). The van der Waals surface area contributed by atoms with Gasteiger partial charge in [0, 0.05) is 32.6 Å². The van der Waals surface area contributed by atoms with Gasteiger partial charge in [0.25, 0.3) is 0 Å². The van der Waals surface area contributed by atoms with E-state index in [0.29, 0.717) is 11.8 Å². The summed E-state index contributed by atoms with van der Waals surface area (Å²) in [5.74, 6) is 2.03. The number of H-pyrrole nitrogens is 1. The van der Waals surface area contributed by atoms with Crippen molar-refractivity contribution >= 4 is 16.9 Å². The second-order valence-electron chi connectivity index (χ2n) is 7.21. The van der Waals surface area contributed by atoms with E-state index in [1.807, 2.05) is 18.2 Å². The maximum atomic E-state index is 12.4. The molecule has 0 unspecified atom stereocenters. The van der Waals surface area contributed by atoms with Crippen LogP contribution >= 0.6 is 0 Å². The molecule has 2 fully saturated rings. The summed E-state index contributed by atoms with van der Waals surface area (Å²) in [5.41, 5.74) is 2.12. The molecule has 1 saturated heterocycles. The molecule has 128 valence electrons. The highest BCUT2D eigenvalue weighted by Gasteiger charge is 2.25. The van der Waals surface area contributed by atoms with Gasteiger partial charge in [-0.05, 0) is 30.9 Å². The van der Waals surface area contributed by atoms with Crippen molar-refractivity contribution in [2.45, 2.75) is 38.6 Å². The smallest absolute Gasteiger partial charge is 0.222 e. The highest BCUT2D eigenvalue weighted by Crippen LogP contribution is 2.28. The van der Waals surface area contributed by atoms with E-state index in [2.05, 4.69) is 25.8 Å². The van der Waals surface area contributed by atoms with Crippen LogP contribution in [-0.4, -0.2) is 51.9 Å². The van der Waals surface area contributed by atoms with E-state index in [4.69, 9.17) is 0 Å². The minimum Gasteiger partial charge on any atom is -0.341 e. The molecule has 5 nitrogen and oxygen atoms in total. The molecule has 2 aliphatic rings. The Labute approximate surface area is 143 Å². The van der Waals surface area contributed by atoms with Crippen molar-refractivity contribution in [2.75, 3.05) is 26.2 Å². The third kappa shape index (κ3) is 3.46. The number of imidazole rings is 1. The molecule has 5 heteroatoms. The van der Waals surface area contributed by atoms with Crippen molar-refractivity contribution in [3.05, 3.63) is 30.1 Å². The third-order valence-corrected chi connectivity index (χ3v) is 5.47. The van der Waals surface area contributed by atoms with Gasteiger partial charge in [0.15, 0.2) is 0 Å². The number of nitrogens with zero attached hydrogens (tertiary/aromatic N) is 3. The van der Waals surface area contributed by atoms with E-state index in [0.717, 1.165) is 56.0 Å². The van der Waals surface area contributed by atoms with Gasteiger partial charge < -0.3 is 9.88 Å². The van der Waals surface area contributed by atoms with Crippen LogP contribution in [0, 0.1) is 5.92 Å². The van der Waals surface area contributed by atoms with E-state index < -0.39 is 0 Å². The third-order valence-electron chi connectivity index (χ3n) is 5.47. The summed E-state index contributed by atoms with van der Waals surface area (Å²) in [6.07, 6.45) is 5.88. The number of piperazine rings is 1. The lowest BCUT2D eigenvalue weighted by Gasteiger charge is -2.34. The molecule has 2 aromatic rings. The standard InChI is InChI=1S/C19H26N4O/c24-19(13-15-5-1-2-6-15)23-11-9-22(10-12-23)14-18-20-16-7-3-4-8-17(16)21-18/h3-4,7-8,15H,1-2,5-6,9-14H2,(H,20,21). The Balaban J connectivity index is 1.28. The number of benzene rings is 1. The van der Waals surface area contributed by atoms with Gasteiger partial charge in [-0.3, -0.25) is 9.69 Å². The van der Waals surface area contributed by atoms with Crippen molar-refractivity contribution in [3.8, 4) is 0 Å². The van der Waals surface area contributed by atoms with E-state index >= 15 is 0 Å². The quantitative estimate of drug-likeness (QED) is 0.940. The molecule has 1 saturated carbocycles. The van der Waals surface area contributed by atoms with Gasteiger partial charge in [0.05, 0.1) is 17.6 Å². The summed E-state index contributed by atoms with van der Waals surface area (Å²) < 4.78 is 0. The Morgan fingerprint density at radius 1 is 1.12 bits per heavy atom. The van der Waals surface area contributed by atoms with Crippen LogP contribution in [-0.2, 0) is 11.3 Å². The molecule has 1 N–H and O–H groups in total. The van der Waals surface area contributed by atoms with Crippen molar-refractivity contribution in [2.24, 2.45) is 5.92 Å². The summed E-state index contributed by atoms with van der Waals surface area (Å²) in [7, 11) is 0. The first-order valence-electron chi connectivity index (χ1n) is 9.22. The minimum absolute atomic E-state index is 0.366. The lowest BCUT2D eigenvalue weighted by Crippen LogP contribution is -2.48. The van der Waals surface area contributed by atoms with Gasteiger partial charge in [-0.1, -0.05) is 25.0 Å². The average molecular weight is 326 g/mol. The van der Waals surface area contributed by atoms with E-state index in [1.165, 1.54) is 25.7 Å². The maximum Gasteiger partial charge on any atom is 0.222 e. The molecule has 24 heavy (non-hydrogen) atoms. The molecule has 0 radical (unpaired) electrons. The molecule has 2 heterocycles. The number of hydrogen-bond acceptors (Lipinski definition) is 3. The lowest BCUT2D eigenvalue weighted by atomic mass is 10.0. The topological polar surface area (TPSA) is 52.2 Å². The highest BCUT2D eigenvalue weighted by atomic mass is 16.2. The monoisotopic (exact) mass is 326 g/mol. The molecule has 0 bridgehead atoms. The fraction of sp³-hybridized carbons (Fsp3) is 0.579. The molecule has 0 atom stereocenters. The Kier molecular flexibility index (Phi) is 4.52. The molecule has 1 aromatic carbocycles. The number of hydrogen-bond donors (Lipinski definition) is 1. The molecule has 1 aliphatic carbocycles. The molecular formula is C19H26N4O. The van der Waals surface area contributed by atoms with E-state index in [9.17, 15) is 4.79 Å². The van der Waals surface area contributed by atoms with Crippen molar-refractivity contribution in [1.29, 1.82) is 0 Å². The number of fused-ring (bicyclic) bond motifs is 1. The van der Waals surface area contributed by atoms with Crippen LogP contribution in [0.5, 0.6) is 0 Å². The second-order valence-corrected chi connectivity index (χ2v) is 7.21. The number of carbonyl (C=O) groups excluding carboxylic acids is 1. The number of nitrogens with one attached hydrogen (secondary N) is 1. The van der Waals surface area contributed by atoms with Crippen molar-refractivity contribution in [3.63, 3.8) is 0 Å². The van der Waals surface area contributed by atoms with E-state index in [1.54, 1.807) is 0 Å². The molecule has 1 amide bonds. The fourth-order valence-electron chi connectivity index (χ4n) is 4.04. The summed E-state index contributed by atoms with van der Waals surface area (Å²) >= 11 is 0. The van der Waals surface area contributed by atoms with Gasteiger partial charge in [-0.15, -0.1) is 0 Å². The lowest BCUT2D eigenvalue weighted by molar-refractivity contribution is -0.134. The van der Waals surface area contributed by atoms with Crippen LogP contribution in [0.3, 0.4) is 0 Å². The Hall–Kier alpha value is -1.88. The first-order valence-corrected chi connectivity index (χ1v) is 9.22. The first kappa shape index (κ1) is 15.6. The number of rotatable bonds is 4. The average Bonchev–Trinajstić information content (AvgIpc) is 3.24. The SMILES string of the molecule is O=C(CC1CCCC1)N1CCN(Cc2nc3ccccc3[nH]2)CC1. The van der Waals surface area contributed by atoms with Gasteiger partial charge in [-0.25, -0.2) is 4.98 Å². The Morgan fingerprint density at radius 3 is 2.62 bits per heavy atom. The number of carbonyl (C=O) groups is 1. The predicted molar refractivity (Wildman–Crippen MR) is 94.5 cm³/mol. The summed E-state index contributed by atoms with van der Waals surface area (Å²) in [6, 6.07) is 8.14. The summed E-state index contributed by atoms with van der Waals surface area (Å²) in [5, 5.41) is 0. The predicted octanol–water partition coefficient (Wildman–Crippen LogP) is 2.79. The normalized spacial score (nSPS) is 20.1. The Bertz CT molecular complexity index is 663. The van der Waals surface area contributed by atoms with Crippen LogP contribution in [0.25, 0.3) is 11.0 Å². The van der Waals surface area contributed by atoms with Crippen LogP contribution in [0.4, 0.5) is 0 Å². The zero-order valence-corrected chi connectivity index (χ0v) is 14.2. The maximum absolute atomic E-state index is 12.4. The largest absolute Gasteiger partial charge is 0.341 e. The first-order chi connectivity index (χ1) is 11.8. The Morgan fingerprint density at radius 2 is 1.88 bits per heavy atom. The van der Waals surface area contributed by atoms with Gasteiger partial charge in [0.2, 0.25) is 5.91 Å². The fourth-order valence-corrected chi connectivity index (χ4v) is 4.04.